The van der Waals surface area contributed by atoms with Crippen molar-refractivity contribution in [2.24, 2.45) is 0 Å². The number of rotatable bonds is 4. The molecule has 2 nitrogen and oxygen atoms in total. The molecule has 1 unspecified atom stereocenters. The third-order valence-electron chi connectivity index (χ3n) is 3.54. The first-order chi connectivity index (χ1) is 10.3. The van der Waals surface area contributed by atoms with Crippen LogP contribution in [-0.2, 0) is 6.42 Å². The van der Waals surface area contributed by atoms with Gasteiger partial charge in [-0.25, -0.2) is 4.39 Å². The number of hydrogen-bond acceptors (Lipinski definition) is 2. The normalized spacial score (nSPS) is 12.7. The van der Waals surface area contributed by atoms with Crippen molar-refractivity contribution in [3.8, 4) is 0 Å². The van der Waals surface area contributed by atoms with Gasteiger partial charge in [0.05, 0.1) is 27.0 Å². The minimum absolute atomic E-state index is 0.179. The molecule has 6 heteroatoms. The van der Waals surface area contributed by atoms with E-state index in [1.54, 1.807) is 6.20 Å². The maximum absolute atomic E-state index is 14.0. The number of halogens is 4. The Morgan fingerprint density at radius 2 is 1.64 bits per heavy atom. The van der Waals surface area contributed by atoms with Gasteiger partial charge in [0.25, 0.3) is 0 Å². The zero-order valence-electron chi connectivity index (χ0n) is 12.5. The Labute approximate surface area is 144 Å². The molecule has 0 aliphatic rings. The second-order valence-corrected chi connectivity index (χ2v) is 6.75. The van der Waals surface area contributed by atoms with E-state index < -0.39 is 5.82 Å². The predicted octanol–water partition coefficient (Wildman–Crippen LogP) is 6.05. The lowest BCUT2D eigenvalue weighted by Gasteiger charge is -2.17. The monoisotopic (exact) mass is 360 g/mol. The van der Waals surface area contributed by atoms with Crippen molar-refractivity contribution in [2.45, 2.75) is 39.0 Å². The van der Waals surface area contributed by atoms with Gasteiger partial charge in [-0.2, -0.15) is 0 Å². The van der Waals surface area contributed by atoms with E-state index in [0.29, 0.717) is 32.7 Å². The fraction of sp³-hybridized carbons (Fsp3) is 0.375. The zero-order valence-corrected chi connectivity index (χ0v) is 14.8. The minimum Gasteiger partial charge on any atom is -0.260 e. The van der Waals surface area contributed by atoms with Gasteiger partial charge in [-0.1, -0.05) is 55.6 Å². The lowest BCUT2D eigenvalue weighted by Crippen LogP contribution is -2.07. The smallest absolute Gasteiger partial charge is 0.146 e. The summed E-state index contributed by atoms with van der Waals surface area (Å²) in [5.74, 6) is -0.422. The molecular weight excluding hydrogens is 346 g/mol. The first kappa shape index (κ1) is 17.5. The quantitative estimate of drug-likeness (QED) is 0.663. The van der Waals surface area contributed by atoms with Crippen LogP contribution in [0.2, 0.25) is 15.1 Å². The van der Waals surface area contributed by atoms with Gasteiger partial charge in [0, 0.05) is 18.0 Å². The summed E-state index contributed by atoms with van der Waals surface area (Å²) in [6.45, 7) is 5.91. The van der Waals surface area contributed by atoms with Crippen LogP contribution in [-0.4, -0.2) is 9.97 Å². The van der Waals surface area contributed by atoms with Crippen LogP contribution in [0.5, 0.6) is 0 Å². The van der Waals surface area contributed by atoms with E-state index >= 15 is 0 Å². The standard InChI is InChI=1S/C16H16Cl3FN2/c1-8(2)14-11(18)6-22-13(16(14)19)4-9(3)15-10(17)5-21-7-12(15)20/h5-9H,4H2,1-3H3. The third-order valence-corrected chi connectivity index (χ3v) is 4.57. The summed E-state index contributed by atoms with van der Waals surface area (Å²) in [4.78, 5) is 8.03. The fourth-order valence-corrected chi connectivity index (χ4v) is 3.67. The SMILES string of the molecule is CC(C)c1c(Cl)cnc(CC(C)c2c(F)cncc2Cl)c1Cl. The highest BCUT2D eigenvalue weighted by Crippen LogP contribution is 2.35. The number of hydrogen-bond donors (Lipinski definition) is 0. The first-order valence-corrected chi connectivity index (χ1v) is 8.08. The molecule has 2 rings (SSSR count). The summed E-state index contributed by atoms with van der Waals surface area (Å²) in [7, 11) is 0. The Hall–Kier alpha value is -0.900. The van der Waals surface area contributed by atoms with Crippen molar-refractivity contribution in [2.75, 3.05) is 0 Å². The van der Waals surface area contributed by atoms with Crippen LogP contribution >= 0.6 is 34.8 Å². The van der Waals surface area contributed by atoms with E-state index in [0.717, 1.165) is 11.8 Å². The van der Waals surface area contributed by atoms with Gasteiger partial charge in [-0.15, -0.1) is 0 Å². The molecule has 0 aliphatic heterocycles. The van der Waals surface area contributed by atoms with Crippen molar-refractivity contribution >= 4 is 34.8 Å². The minimum atomic E-state index is -0.422. The average molecular weight is 362 g/mol. The van der Waals surface area contributed by atoms with Crippen LogP contribution in [0.4, 0.5) is 4.39 Å². The van der Waals surface area contributed by atoms with Crippen LogP contribution in [0, 0.1) is 5.82 Å². The highest BCUT2D eigenvalue weighted by Gasteiger charge is 2.20. The van der Waals surface area contributed by atoms with Gasteiger partial charge >= 0.3 is 0 Å². The molecule has 1 atom stereocenters. The lowest BCUT2D eigenvalue weighted by atomic mass is 9.94. The van der Waals surface area contributed by atoms with Crippen molar-refractivity contribution in [1.29, 1.82) is 0 Å². The summed E-state index contributed by atoms with van der Waals surface area (Å²) in [6.07, 6.45) is 4.66. The molecule has 0 saturated carbocycles. The Morgan fingerprint density at radius 1 is 1.00 bits per heavy atom. The Kier molecular flexibility index (Phi) is 5.65. The van der Waals surface area contributed by atoms with E-state index in [2.05, 4.69) is 9.97 Å². The average Bonchev–Trinajstić information content (AvgIpc) is 2.41. The highest BCUT2D eigenvalue weighted by atomic mass is 35.5. The maximum atomic E-state index is 14.0. The summed E-state index contributed by atoms with van der Waals surface area (Å²) in [6, 6.07) is 0. The topological polar surface area (TPSA) is 25.8 Å². The summed E-state index contributed by atoms with van der Waals surface area (Å²) in [5, 5.41) is 1.39. The molecule has 0 fully saturated rings. The largest absolute Gasteiger partial charge is 0.260 e. The third kappa shape index (κ3) is 3.53. The molecule has 22 heavy (non-hydrogen) atoms. The number of aromatic nitrogens is 2. The first-order valence-electron chi connectivity index (χ1n) is 6.94. The van der Waals surface area contributed by atoms with Gasteiger partial charge < -0.3 is 0 Å². The molecule has 118 valence electrons. The van der Waals surface area contributed by atoms with E-state index in [-0.39, 0.29) is 11.8 Å². The molecule has 0 saturated heterocycles. The van der Waals surface area contributed by atoms with Gasteiger partial charge in [-0.3, -0.25) is 9.97 Å². The number of pyridine rings is 2. The molecule has 0 radical (unpaired) electrons. The van der Waals surface area contributed by atoms with Gasteiger partial charge in [0.1, 0.15) is 5.82 Å². The maximum Gasteiger partial charge on any atom is 0.146 e. The molecule has 0 spiro atoms. The van der Waals surface area contributed by atoms with E-state index in [1.807, 2.05) is 20.8 Å². The molecule has 0 aromatic carbocycles. The molecule has 0 amide bonds. The lowest BCUT2D eigenvalue weighted by molar-refractivity contribution is 0.580. The van der Waals surface area contributed by atoms with Crippen LogP contribution in [0.25, 0.3) is 0 Å². The molecule has 2 aromatic heterocycles. The number of nitrogens with zero attached hydrogens (tertiary/aromatic N) is 2. The summed E-state index contributed by atoms with van der Waals surface area (Å²) >= 11 is 18.7. The van der Waals surface area contributed by atoms with Crippen molar-refractivity contribution in [1.82, 2.24) is 9.97 Å². The molecule has 0 N–H and O–H groups in total. The van der Waals surface area contributed by atoms with E-state index in [4.69, 9.17) is 34.8 Å². The molecular formula is C16H16Cl3FN2. The Balaban J connectivity index is 2.37. The summed E-state index contributed by atoms with van der Waals surface area (Å²) < 4.78 is 14.0. The predicted molar refractivity (Wildman–Crippen MR) is 89.7 cm³/mol. The van der Waals surface area contributed by atoms with Crippen molar-refractivity contribution in [3.05, 3.63) is 56.3 Å². The molecule has 0 bridgehead atoms. The Bertz CT molecular complexity index is 669. The Morgan fingerprint density at radius 3 is 2.23 bits per heavy atom. The van der Waals surface area contributed by atoms with Gasteiger partial charge in [0.2, 0.25) is 0 Å². The zero-order chi connectivity index (χ0) is 16.4. The van der Waals surface area contributed by atoms with Crippen LogP contribution in [0.15, 0.2) is 18.6 Å². The van der Waals surface area contributed by atoms with Crippen LogP contribution in [0.1, 0.15) is 49.4 Å². The second-order valence-electron chi connectivity index (χ2n) is 5.56. The van der Waals surface area contributed by atoms with Crippen molar-refractivity contribution in [3.63, 3.8) is 0 Å². The van der Waals surface area contributed by atoms with Gasteiger partial charge in [-0.05, 0) is 23.8 Å². The van der Waals surface area contributed by atoms with Crippen molar-refractivity contribution < 1.29 is 4.39 Å². The molecule has 2 aromatic rings. The van der Waals surface area contributed by atoms with Crippen LogP contribution in [0.3, 0.4) is 0 Å². The molecule has 0 aliphatic carbocycles. The molecule has 2 heterocycles. The highest BCUT2D eigenvalue weighted by molar-refractivity contribution is 6.36. The van der Waals surface area contributed by atoms with Gasteiger partial charge in [0.15, 0.2) is 0 Å². The van der Waals surface area contributed by atoms with Crippen LogP contribution < -0.4 is 0 Å². The summed E-state index contributed by atoms with van der Waals surface area (Å²) in [5.41, 5.74) is 1.98. The second kappa shape index (κ2) is 7.12. The fourth-order valence-electron chi connectivity index (χ4n) is 2.48. The van der Waals surface area contributed by atoms with E-state index in [9.17, 15) is 4.39 Å². The van der Waals surface area contributed by atoms with E-state index in [1.165, 1.54) is 6.20 Å².